The summed E-state index contributed by atoms with van der Waals surface area (Å²) in [6, 6.07) is 0. The molecule has 0 rings (SSSR count). The molecule has 0 aliphatic rings. The van der Waals surface area contributed by atoms with E-state index in [0.717, 1.165) is 7.11 Å². The van der Waals surface area contributed by atoms with E-state index in [0.29, 0.717) is 6.92 Å². The molecule has 0 bridgehead atoms. The summed E-state index contributed by atoms with van der Waals surface area (Å²) in [6.07, 6.45) is -5.45. The van der Waals surface area contributed by atoms with E-state index in [1.807, 2.05) is 0 Å². The smallest absolute Gasteiger partial charge is 0.276 e. The van der Waals surface area contributed by atoms with Gasteiger partial charge < -0.3 is 4.74 Å². The van der Waals surface area contributed by atoms with Crippen molar-refractivity contribution >= 4 is 0 Å². The van der Waals surface area contributed by atoms with E-state index < -0.39 is 18.5 Å². The van der Waals surface area contributed by atoms with Crippen LogP contribution in [0.4, 0.5) is 17.6 Å². The standard InChI is InChI=1S/C5H8F4O/c1-5(8,9)3(10-2)4(6)7/h3-4H,1-2H3. The van der Waals surface area contributed by atoms with Crippen LogP contribution < -0.4 is 0 Å². The lowest BCUT2D eigenvalue weighted by molar-refractivity contribution is -0.166. The Labute approximate surface area is 56.0 Å². The Bertz CT molecular complexity index is 98.3. The number of alkyl halides is 4. The fourth-order valence-corrected chi connectivity index (χ4v) is 0.531. The third-order valence-electron chi connectivity index (χ3n) is 0.982. The predicted octanol–water partition coefficient (Wildman–Crippen LogP) is 1.92. The summed E-state index contributed by atoms with van der Waals surface area (Å²) in [5.74, 6) is -3.48. The number of hydrogen-bond acceptors (Lipinski definition) is 1. The molecule has 0 N–H and O–H groups in total. The van der Waals surface area contributed by atoms with Crippen molar-refractivity contribution in [3.63, 3.8) is 0 Å². The number of hydrogen-bond donors (Lipinski definition) is 0. The molecule has 0 saturated carbocycles. The first-order valence-corrected chi connectivity index (χ1v) is 2.58. The van der Waals surface area contributed by atoms with E-state index >= 15 is 0 Å². The SMILES string of the molecule is COC(C(F)F)C(C)(F)F. The summed E-state index contributed by atoms with van der Waals surface area (Å²) in [5, 5.41) is 0. The van der Waals surface area contributed by atoms with Crippen LogP contribution in [0.1, 0.15) is 6.92 Å². The molecular formula is C5H8F4O. The molecule has 5 heteroatoms. The minimum atomic E-state index is -3.48. The van der Waals surface area contributed by atoms with E-state index in [-0.39, 0.29) is 0 Å². The maximum atomic E-state index is 12.0. The Morgan fingerprint density at radius 3 is 1.70 bits per heavy atom. The Hall–Kier alpha value is -0.320. The van der Waals surface area contributed by atoms with Crippen molar-refractivity contribution in [2.75, 3.05) is 7.11 Å². The van der Waals surface area contributed by atoms with Crippen LogP contribution in [0, 0.1) is 0 Å². The fraction of sp³-hybridized carbons (Fsp3) is 1.00. The number of ether oxygens (including phenoxy) is 1. The van der Waals surface area contributed by atoms with Gasteiger partial charge >= 0.3 is 0 Å². The minimum absolute atomic E-state index is 0.396. The molecule has 0 aromatic heterocycles. The van der Waals surface area contributed by atoms with E-state index in [1.54, 1.807) is 0 Å². The van der Waals surface area contributed by atoms with Crippen LogP contribution in [0.15, 0.2) is 0 Å². The first kappa shape index (κ1) is 9.68. The molecule has 0 aromatic rings. The molecule has 1 nitrogen and oxygen atoms in total. The monoisotopic (exact) mass is 160 g/mol. The van der Waals surface area contributed by atoms with Gasteiger partial charge in [-0.3, -0.25) is 0 Å². The van der Waals surface area contributed by atoms with Gasteiger partial charge in [0.25, 0.3) is 12.3 Å². The average Bonchev–Trinajstić information content (AvgIpc) is 1.60. The third-order valence-corrected chi connectivity index (χ3v) is 0.982. The zero-order chi connectivity index (χ0) is 8.36. The molecule has 0 fully saturated rings. The van der Waals surface area contributed by atoms with Gasteiger partial charge in [0.2, 0.25) is 0 Å². The van der Waals surface area contributed by atoms with Gasteiger partial charge in [-0.15, -0.1) is 0 Å². The van der Waals surface area contributed by atoms with Crippen molar-refractivity contribution in [2.24, 2.45) is 0 Å². The second-order valence-electron chi connectivity index (χ2n) is 1.95. The predicted molar refractivity (Wildman–Crippen MR) is 27.4 cm³/mol. The van der Waals surface area contributed by atoms with Crippen molar-refractivity contribution in [3.8, 4) is 0 Å². The van der Waals surface area contributed by atoms with Gasteiger partial charge in [-0.1, -0.05) is 0 Å². The van der Waals surface area contributed by atoms with Crippen LogP contribution in [0.25, 0.3) is 0 Å². The lowest BCUT2D eigenvalue weighted by Crippen LogP contribution is -2.38. The molecule has 0 heterocycles. The first-order valence-electron chi connectivity index (χ1n) is 2.58. The molecule has 0 aliphatic carbocycles. The average molecular weight is 160 g/mol. The Morgan fingerprint density at radius 2 is 1.70 bits per heavy atom. The number of rotatable bonds is 3. The second kappa shape index (κ2) is 3.18. The van der Waals surface area contributed by atoms with Crippen LogP contribution in [-0.2, 0) is 4.74 Å². The highest BCUT2D eigenvalue weighted by Crippen LogP contribution is 2.24. The van der Waals surface area contributed by atoms with Crippen molar-refractivity contribution in [3.05, 3.63) is 0 Å². The highest BCUT2D eigenvalue weighted by molar-refractivity contribution is 4.74. The molecule has 0 saturated heterocycles. The van der Waals surface area contributed by atoms with Crippen LogP contribution in [0.5, 0.6) is 0 Å². The van der Waals surface area contributed by atoms with Gasteiger partial charge in [-0.05, 0) is 0 Å². The van der Waals surface area contributed by atoms with E-state index in [9.17, 15) is 17.6 Å². The summed E-state index contributed by atoms with van der Waals surface area (Å²) >= 11 is 0. The van der Waals surface area contributed by atoms with Crippen LogP contribution in [-0.4, -0.2) is 25.6 Å². The highest BCUT2D eigenvalue weighted by Gasteiger charge is 2.41. The molecule has 0 aromatic carbocycles. The normalized spacial score (nSPS) is 15.9. The maximum Gasteiger partial charge on any atom is 0.276 e. The van der Waals surface area contributed by atoms with E-state index in [4.69, 9.17) is 0 Å². The van der Waals surface area contributed by atoms with Crippen molar-refractivity contribution in [1.82, 2.24) is 0 Å². The summed E-state index contributed by atoms with van der Waals surface area (Å²) < 4.78 is 51.1. The van der Waals surface area contributed by atoms with Gasteiger partial charge in [0.05, 0.1) is 0 Å². The van der Waals surface area contributed by atoms with Crippen molar-refractivity contribution < 1.29 is 22.3 Å². The molecule has 62 valence electrons. The summed E-state index contributed by atoms with van der Waals surface area (Å²) in [6.45, 7) is 0.396. The number of halogens is 4. The molecular weight excluding hydrogens is 152 g/mol. The van der Waals surface area contributed by atoms with Crippen molar-refractivity contribution in [1.29, 1.82) is 0 Å². The molecule has 1 unspecified atom stereocenters. The molecule has 0 spiro atoms. The van der Waals surface area contributed by atoms with Gasteiger partial charge in [0.1, 0.15) is 0 Å². The highest BCUT2D eigenvalue weighted by atomic mass is 19.3. The summed E-state index contributed by atoms with van der Waals surface area (Å²) in [4.78, 5) is 0. The minimum Gasteiger partial charge on any atom is -0.369 e. The molecule has 10 heavy (non-hydrogen) atoms. The molecule has 1 atom stereocenters. The van der Waals surface area contributed by atoms with Crippen LogP contribution >= 0.6 is 0 Å². The van der Waals surface area contributed by atoms with Gasteiger partial charge in [-0.25, -0.2) is 17.6 Å². The second-order valence-corrected chi connectivity index (χ2v) is 1.95. The Morgan fingerprint density at radius 1 is 1.30 bits per heavy atom. The molecule has 0 amide bonds. The first-order chi connectivity index (χ1) is 4.39. The summed E-state index contributed by atoms with van der Waals surface area (Å²) in [7, 11) is 0.828. The maximum absolute atomic E-state index is 12.0. The third kappa shape index (κ3) is 2.51. The van der Waals surface area contributed by atoms with Crippen molar-refractivity contribution in [2.45, 2.75) is 25.4 Å². The van der Waals surface area contributed by atoms with E-state index in [1.165, 1.54) is 0 Å². The van der Waals surface area contributed by atoms with Gasteiger partial charge in [0, 0.05) is 14.0 Å². The van der Waals surface area contributed by atoms with Crippen LogP contribution in [0.3, 0.4) is 0 Å². The Kier molecular flexibility index (Phi) is 3.08. The topological polar surface area (TPSA) is 9.23 Å². The van der Waals surface area contributed by atoms with Gasteiger partial charge in [-0.2, -0.15) is 0 Å². The van der Waals surface area contributed by atoms with Gasteiger partial charge in [0.15, 0.2) is 6.10 Å². The summed E-state index contributed by atoms with van der Waals surface area (Å²) in [5.41, 5.74) is 0. The quantitative estimate of drug-likeness (QED) is 0.573. The molecule has 0 aliphatic heterocycles. The lowest BCUT2D eigenvalue weighted by atomic mass is 10.2. The molecule has 0 radical (unpaired) electrons. The fourth-order valence-electron chi connectivity index (χ4n) is 0.531. The van der Waals surface area contributed by atoms with E-state index in [2.05, 4.69) is 4.74 Å². The zero-order valence-corrected chi connectivity index (χ0v) is 5.57. The lowest BCUT2D eigenvalue weighted by Gasteiger charge is -2.20. The number of methoxy groups -OCH3 is 1. The Balaban J connectivity index is 4.07. The van der Waals surface area contributed by atoms with Crippen LogP contribution in [0.2, 0.25) is 0 Å². The largest absolute Gasteiger partial charge is 0.369 e. The zero-order valence-electron chi connectivity index (χ0n) is 5.57.